The normalized spacial score (nSPS) is 24.3. The molecule has 2 aliphatic rings. The lowest BCUT2D eigenvalue weighted by Gasteiger charge is -2.37. The molecule has 2 atom stereocenters. The van der Waals surface area contributed by atoms with Gasteiger partial charge in [0.2, 0.25) is 0 Å². The third kappa shape index (κ3) is 3.50. The van der Waals surface area contributed by atoms with E-state index in [9.17, 15) is 9.18 Å². The van der Waals surface area contributed by atoms with Crippen molar-refractivity contribution in [2.75, 3.05) is 26.2 Å². The Morgan fingerprint density at radius 3 is 2.79 bits per heavy atom. The molecule has 0 aromatic heterocycles. The average Bonchev–Trinajstić information content (AvgIpc) is 3.07. The number of fused-ring (bicyclic) bond motifs is 1. The first-order chi connectivity index (χ1) is 13.6. The number of carbonyl (C=O) groups excluding carboxylic acids is 1. The Bertz CT molecular complexity index is 917. The van der Waals surface area contributed by atoms with Crippen molar-refractivity contribution in [3.8, 4) is 0 Å². The molecular formula is C22H22FN3OS. The van der Waals surface area contributed by atoms with E-state index in [1.165, 1.54) is 17.8 Å². The van der Waals surface area contributed by atoms with Crippen molar-refractivity contribution in [2.24, 2.45) is 10.9 Å². The first-order valence-corrected chi connectivity index (χ1v) is 10.1. The van der Waals surface area contributed by atoms with Crippen LogP contribution >= 0.6 is 11.8 Å². The van der Waals surface area contributed by atoms with Gasteiger partial charge >= 0.3 is 0 Å². The molecule has 4 nitrogen and oxygen atoms in total. The summed E-state index contributed by atoms with van der Waals surface area (Å²) in [5.41, 5.74) is 1.26. The maximum atomic E-state index is 14.8. The summed E-state index contributed by atoms with van der Waals surface area (Å²) in [6.07, 6.45) is 1.87. The number of benzene rings is 2. The van der Waals surface area contributed by atoms with E-state index in [4.69, 9.17) is 0 Å². The number of thioether (sulfide) groups is 1. The number of halogens is 1. The predicted octanol–water partition coefficient (Wildman–Crippen LogP) is 3.67. The average molecular weight is 396 g/mol. The van der Waals surface area contributed by atoms with Crippen LogP contribution in [0.3, 0.4) is 0 Å². The molecule has 0 bridgehead atoms. The van der Waals surface area contributed by atoms with E-state index < -0.39 is 4.75 Å². The number of rotatable bonds is 4. The predicted molar refractivity (Wildman–Crippen MR) is 112 cm³/mol. The molecule has 4 rings (SSSR count). The summed E-state index contributed by atoms with van der Waals surface area (Å²) < 4.78 is 14.3. The molecule has 1 fully saturated rings. The van der Waals surface area contributed by atoms with Gasteiger partial charge in [-0.3, -0.25) is 14.7 Å². The highest BCUT2D eigenvalue weighted by Crippen LogP contribution is 2.51. The minimum absolute atomic E-state index is 0.173. The molecular weight excluding hydrogens is 373 g/mol. The van der Waals surface area contributed by atoms with Crippen molar-refractivity contribution in [3.63, 3.8) is 0 Å². The smallest absolute Gasteiger partial charge is 0.257 e. The summed E-state index contributed by atoms with van der Waals surface area (Å²) in [5, 5.41) is 3.47. The fourth-order valence-electron chi connectivity index (χ4n) is 4.01. The number of carbonyl (C=O) groups is 1. The lowest BCUT2D eigenvalue weighted by molar-refractivity contribution is 0.0977. The second-order valence-electron chi connectivity index (χ2n) is 7.12. The minimum Gasteiger partial charge on any atom is -0.301 e. The van der Waals surface area contributed by atoms with E-state index in [1.807, 2.05) is 36.4 Å². The van der Waals surface area contributed by atoms with Gasteiger partial charge in [0.1, 0.15) is 5.82 Å². The zero-order chi connectivity index (χ0) is 19.6. The molecule has 1 saturated heterocycles. The monoisotopic (exact) mass is 395 g/mol. The van der Waals surface area contributed by atoms with Crippen molar-refractivity contribution in [1.82, 2.24) is 10.2 Å². The summed E-state index contributed by atoms with van der Waals surface area (Å²) in [5.74, 6) is -0.238. The molecule has 1 amide bonds. The van der Waals surface area contributed by atoms with Gasteiger partial charge in [-0.2, -0.15) is 0 Å². The third-order valence-corrected chi connectivity index (χ3v) is 6.78. The van der Waals surface area contributed by atoms with Gasteiger partial charge < -0.3 is 5.32 Å². The van der Waals surface area contributed by atoms with Gasteiger partial charge in [0.15, 0.2) is 5.17 Å². The van der Waals surface area contributed by atoms with Crippen LogP contribution in [0.5, 0.6) is 0 Å². The largest absolute Gasteiger partial charge is 0.301 e. The van der Waals surface area contributed by atoms with Gasteiger partial charge in [-0.1, -0.05) is 54.2 Å². The fourth-order valence-corrected chi connectivity index (χ4v) is 5.48. The Morgan fingerprint density at radius 2 is 2.04 bits per heavy atom. The molecule has 0 unspecified atom stereocenters. The van der Waals surface area contributed by atoms with E-state index in [1.54, 1.807) is 18.2 Å². The number of nitrogens with zero attached hydrogens (tertiary/aromatic N) is 2. The van der Waals surface area contributed by atoms with Crippen LogP contribution in [0.25, 0.3) is 0 Å². The Hall–Kier alpha value is -2.44. The molecule has 6 heteroatoms. The van der Waals surface area contributed by atoms with Crippen LogP contribution in [0.1, 0.15) is 15.9 Å². The SMILES string of the molecule is C=CCN1C[C@@H]2CN=C(NC(=O)c3ccccc3)S[C@@]2(c2ccccc2F)C1. The zero-order valence-corrected chi connectivity index (χ0v) is 16.3. The quantitative estimate of drug-likeness (QED) is 0.804. The van der Waals surface area contributed by atoms with Crippen LogP contribution in [0.15, 0.2) is 72.2 Å². The first kappa shape index (κ1) is 18.9. The fraction of sp³-hybridized carbons (Fsp3) is 0.273. The maximum absolute atomic E-state index is 14.8. The molecule has 28 heavy (non-hydrogen) atoms. The molecule has 2 aromatic carbocycles. The molecule has 2 aromatic rings. The van der Waals surface area contributed by atoms with Crippen molar-refractivity contribution in [3.05, 3.63) is 84.2 Å². The van der Waals surface area contributed by atoms with Crippen molar-refractivity contribution >= 4 is 22.8 Å². The zero-order valence-electron chi connectivity index (χ0n) is 15.5. The van der Waals surface area contributed by atoms with Gasteiger partial charge in [0, 0.05) is 43.2 Å². The molecule has 144 valence electrons. The topological polar surface area (TPSA) is 44.7 Å². The number of nitrogens with one attached hydrogen (secondary N) is 1. The second-order valence-corrected chi connectivity index (χ2v) is 8.44. The van der Waals surface area contributed by atoms with Crippen LogP contribution in [0, 0.1) is 11.7 Å². The summed E-state index contributed by atoms with van der Waals surface area (Å²) >= 11 is 1.47. The van der Waals surface area contributed by atoms with Gasteiger partial charge in [0.05, 0.1) is 4.75 Å². The van der Waals surface area contributed by atoms with Crippen LogP contribution < -0.4 is 5.32 Å². The summed E-state index contributed by atoms with van der Waals surface area (Å²) in [4.78, 5) is 19.5. The molecule has 0 radical (unpaired) electrons. The van der Waals surface area contributed by atoms with Crippen LogP contribution in [0.2, 0.25) is 0 Å². The van der Waals surface area contributed by atoms with Gasteiger partial charge in [-0.15, -0.1) is 6.58 Å². The highest BCUT2D eigenvalue weighted by atomic mass is 32.2. The van der Waals surface area contributed by atoms with Gasteiger partial charge in [-0.25, -0.2) is 4.39 Å². The van der Waals surface area contributed by atoms with E-state index >= 15 is 0 Å². The Labute approximate surface area is 168 Å². The highest BCUT2D eigenvalue weighted by molar-refractivity contribution is 8.14. The highest BCUT2D eigenvalue weighted by Gasteiger charge is 2.52. The molecule has 0 aliphatic carbocycles. The molecule has 1 N–H and O–H groups in total. The number of hydrogen-bond donors (Lipinski definition) is 1. The van der Waals surface area contributed by atoms with Crippen molar-refractivity contribution in [1.29, 1.82) is 0 Å². The van der Waals surface area contributed by atoms with E-state index in [2.05, 4.69) is 21.8 Å². The van der Waals surface area contributed by atoms with E-state index in [0.29, 0.717) is 29.4 Å². The summed E-state index contributed by atoms with van der Waals surface area (Å²) in [6.45, 7) is 6.66. The standard InChI is InChI=1S/C22H22FN3OS/c1-2-12-26-14-17-13-24-21(25-20(27)16-8-4-3-5-9-16)28-22(17,15-26)18-10-6-7-11-19(18)23/h2-11,17H,1,12-15H2,(H,24,25,27)/t17-,22-/m0/s1. The lowest BCUT2D eigenvalue weighted by atomic mass is 9.87. The first-order valence-electron chi connectivity index (χ1n) is 9.30. The number of amidine groups is 1. The van der Waals surface area contributed by atoms with E-state index in [0.717, 1.165) is 13.1 Å². The molecule has 0 spiro atoms. The Balaban J connectivity index is 1.63. The number of likely N-dealkylation sites (tertiary alicyclic amines) is 1. The number of hydrogen-bond acceptors (Lipinski definition) is 4. The van der Waals surface area contributed by atoms with Crippen LogP contribution in [-0.4, -0.2) is 42.2 Å². The molecule has 0 saturated carbocycles. The summed E-state index contributed by atoms with van der Waals surface area (Å²) in [6, 6.07) is 16.0. The molecule has 2 heterocycles. The number of aliphatic imine (C=N–C) groups is 1. The van der Waals surface area contributed by atoms with Gasteiger partial charge in [-0.05, 0) is 18.2 Å². The van der Waals surface area contributed by atoms with E-state index in [-0.39, 0.29) is 17.6 Å². The lowest BCUT2D eigenvalue weighted by Crippen LogP contribution is -2.42. The Morgan fingerprint density at radius 1 is 1.29 bits per heavy atom. The van der Waals surface area contributed by atoms with Gasteiger partial charge in [0.25, 0.3) is 5.91 Å². The maximum Gasteiger partial charge on any atom is 0.257 e. The Kier molecular flexibility index (Phi) is 5.33. The third-order valence-electron chi connectivity index (χ3n) is 5.30. The molecule has 2 aliphatic heterocycles. The number of amides is 1. The summed E-state index contributed by atoms with van der Waals surface area (Å²) in [7, 11) is 0. The van der Waals surface area contributed by atoms with Crippen LogP contribution in [0.4, 0.5) is 4.39 Å². The second kappa shape index (κ2) is 7.89. The van der Waals surface area contributed by atoms with Crippen molar-refractivity contribution in [2.45, 2.75) is 4.75 Å². The van der Waals surface area contributed by atoms with Crippen molar-refractivity contribution < 1.29 is 9.18 Å². The minimum atomic E-state index is -0.477. The van der Waals surface area contributed by atoms with Crippen LogP contribution in [-0.2, 0) is 4.75 Å².